The van der Waals surface area contributed by atoms with Crippen LogP contribution in [0.3, 0.4) is 0 Å². The predicted octanol–water partition coefficient (Wildman–Crippen LogP) is 5.08. The Bertz CT molecular complexity index is 1360. The van der Waals surface area contributed by atoms with Crippen LogP contribution in [0, 0.1) is 5.82 Å². The van der Waals surface area contributed by atoms with Crippen LogP contribution in [0.15, 0.2) is 87.8 Å². The Morgan fingerprint density at radius 3 is 2.51 bits per heavy atom. The van der Waals surface area contributed by atoms with Crippen LogP contribution >= 0.6 is 15.9 Å². The lowest BCUT2D eigenvalue weighted by atomic mass is 9.91. The van der Waals surface area contributed by atoms with Crippen molar-refractivity contribution in [2.45, 2.75) is 25.0 Å². The molecule has 1 saturated heterocycles. The van der Waals surface area contributed by atoms with Crippen molar-refractivity contribution in [1.82, 2.24) is 4.90 Å². The quantitative estimate of drug-likeness (QED) is 0.409. The summed E-state index contributed by atoms with van der Waals surface area (Å²) in [5, 5.41) is 0. The third-order valence-corrected chi connectivity index (χ3v) is 7.34. The van der Waals surface area contributed by atoms with E-state index in [0.29, 0.717) is 30.9 Å². The van der Waals surface area contributed by atoms with Crippen LogP contribution in [-0.4, -0.2) is 42.4 Å². The van der Waals surface area contributed by atoms with Gasteiger partial charge in [-0.25, -0.2) is 4.39 Å². The van der Waals surface area contributed by atoms with Gasteiger partial charge in [0.2, 0.25) is 0 Å². The summed E-state index contributed by atoms with van der Waals surface area (Å²) >= 11 is 3.51. The maximum atomic E-state index is 13.7. The standard InChI is InChI=1S/C29H28BrFN4O2/c30-22-6-2-19(3-7-22)21-11-13-34-28(20-4-8-23(31)9-5-20)24(16-21)29-35(27(36)17-37-29)14-12-18-1-10-25(32)26(33)15-18/h1-10,15-16,21,29H,11-14,17,32-33H2. The first kappa shape index (κ1) is 25.2. The molecule has 6 nitrogen and oxygen atoms in total. The van der Waals surface area contributed by atoms with Gasteiger partial charge >= 0.3 is 0 Å². The molecule has 0 aliphatic carbocycles. The highest BCUT2D eigenvalue weighted by Gasteiger charge is 2.37. The van der Waals surface area contributed by atoms with Gasteiger partial charge in [0.25, 0.3) is 5.91 Å². The minimum atomic E-state index is -0.599. The van der Waals surface area contributed by atoms with Gasteiger partial charge in [-0.1, -0.05) is 40.2 Å². The molecule has 2 heterocycles. The summed E-state index contributed by atoms with van der Waals surface area (Å²) in [5.74, 6) is -0.312. The Kier molecular flexibility index (Phi) is 7.39. The van der Waals surface area contributed by atoms with Crippen molar-refractivity contribution in [3.8, 4) is 0 Å². The summed E-state index contributed by atoms with van der Waals surface area (Å²) in [6.45, 7) is 1.04. The highest BCUT2D eigenvalue weighted by molar-refractivity contribution is 9.10. The van der Waals surface area contributed by atoms with Crippen molar-refractivity contribution in [3.63, 3.8) is 0 Å². The number of nitrogens with zero attached hydrogens (tertiary/aromatic N) is 2. The van der Waals surface area contributed by atoms with Gasteiger partial charge in [-0.05, 0) is 72.5 Å². The Hall–Kier alpha value is -3.49. The van der Waals surface area contributed by atoms with Crippen LogP contribution in [0.4, 0.5) is 15.8 Å². The first-order valence-corrected chi connectivity index (χ1v) is 13.0. The van der Waals surface area contributed by atoms with Gasteiger partial charge in [0, 0.05) is 34.6 Å². The third-order valence-electron chi connectivity index (χ3n) is 6.81. The van der Waals surface area contributed by atoms with E-state index in [0.717, 1.165) is 38.9 Å². The van der Waals surface area contributed by atoms with Crippen LogP contribution in [0.2, 0.25) is 0 Å². The van der Waals surface area contributed by atoms with Crippen molar-refractivity contribution < 1.29 is 13.9 Å². The molecule has 4 N–H and O–H groups in total. The van der Waals surface area contributed by atoms with Crippen LogP contribution < -0.4 is 11.5 Å². The zero-order chi connectivity index (χ0) is 25.9. The summed E-state index contributed by atoms with van der Waals surface area (Å²) < 4.78 is 20.8. The van der Waals surface area contributed by atoms with Crippen LogP contribution in [0.1, 0.15) is 29.0 Å². The first-order valence-electron chi connectivity index (χ1n) is 12.2. The molecule has 37 heavy (non-hydrogen) atoms. The number of nitrogen functional groups attached to an aromatic ring is 2. The van der Waals surface area contributed by atoms with E-state index in [1.807, 2.05) is 24.3 Å². The SMILES string of the molecule is Nc1ccc(CCN2C(=O)COC2C2=CC(c3ccc(Br)cc3)CCN=C2c2ccc(F)cc2)cc1N. The van der Waals surface area contributed by atoms with Gasteiger partial charge in [-0.2, -0.15) is 0 Å². The number of carbonyl (C=O) groups is 1. The number of hydrogen-bond acceptors (Lipinski definition) is 5. The van der Waals surface area contributed by atoms with Crippen molar-refractivity contribution in [1.29, 1.82) is 0 Å². The monoisotopic (exact) mass is 562 g/mol. The maximum absolute atomic E-state index is 13.7. The number of aliphatic imine (C=N–C) groups is 1. The smallest absolute Gasteiger partial charge is 0.250 e. The van der Waals surface area contributed by atoms with Crippen LogP contribution in [-0.2, 0) is 16.0 Å². The summed E-state index contributed by atoms with van der Waals surface area (Å²) in [6.07, 6.45) is 2.97. The van der Waals surface area contributed by atoms with Crippen molar-refractivity contribution in [2.75, 3.05) is 31.2 Å². The molecule has 0 saturated carbocycles. The minimum absolute atomic E-state index is 0.00840. The topological polar surface area (TPSA) is 93.9 Å². The number of amides is 1. The molecule has 3 aromatic rings. The van der Waals surface area contributed by atoms with Gasteiger partial charge in [0.1, 0.15) is 12.4 Å². The molecule has 2 aliphatic rings. The number of hydrogen-bond donors (Lipinski definition) is 2. The van der Waals surface area contributed by atoms with Gasteiger partial charge < -0.3 is 21.1 Å². The van der Waals surface area contributed by atoms with Crippen molar-refractivity contribution in [2.24, 2.45) is 4.99 Å². The fourth-order valence-electron chi connectivity index (χ4n) is 4.81. The number of halogens is 2. The molecule has 3 aromatic carbocycles. The lowest BCUT2D eigenvalue weighted by Crippen LogP contribution is -2.39. The second-order valence-electron chi connectivity index (χ2n) is 9.27. The Morgan fingerprint density at radius 2 is 1.78 bits per heavy atom. The Balaban J connectivity index is 1.50. The number of ether oxygens (including phenoxy) is 1. The maximum Gasteiger partial charge on any atom is 0.250 e. The molecular weight excluding hydrogens is 535 g/mol. The molecule has 190 valence electrons. The average Bonchev–Trinajstić information content (AvgIpc) is 3.11. The summed E-state index contributed by atoms with van der Waals surface area (Å²) in [4.78, 5) is 19.6. The lowest BCUT2D eigenvalue weighted by Gasteiger charge is -2.27. The number of nitrogens with two attached hydrogens (primary N) is 2. The number of carbonyl (C=O) groups excluding carboxylic acids is 1. The average molecular weight is 563 g/mol. The number of allylic oxidation sites excluding steroid dienone is 1. The first-order chi connectivity index (χ1) is 17.9. The van der Waals surface area contributed by atoms with E-state index in [4.69, 9.17) is 21.2 Å². The zero-order valence-electron chi connectivity index (χ0n) is 20.2. The van der Waals surface area contributed by atoms with Gasteiger partial charge in [0.15, 0.2) is 6.23 Å². The van der Waals surface area contributed by atoms with Crippen molar-refractivity contribution in [3.05, 3.63) is 105 Å². The molecule has 5 rings (SSSR count). The summed E-state index contributed by atoms with van der Waals surface area (Å²) in [5.41, 5.74) is 17.4. The number of anilines is 2. The molecule has 0 radical (unpaired) electrons. The van der Waals surface area contributed by atoms with E-state index < -0.39 is 6.23 Å². The van der Waals surface area contributed by atoms with E-state index in [-0.39, 0.29) is 24.2 Å². The second-order valence-corrected chi connectivity index (χ2v) is 10.2. The molecule has 0 aromatic heterocycles. The van der Waals surface area contributed by atoms with Gasteiger partial charge in [-0.3, -0.25) is 9.79 Å². The lowest BCUT2D eigenvalue weighted by molar-refractivity contribution is -0.127. The Labute approximate surface area is 224 Å². The zero-order valence-corrected chi connectivity index (χ0v) is 21.8. The summed E-state index contributed by atoms with van der Waals surface area (Å²) in [6, 6.07) is 20.1. The largest absolute Gasteiger partial charge is 0.397 e. The summed E-state index contributed by atoms with van der Waals surface area (Å²) in [7, 11) is 0. The molecule has 1 amide bonds. The third kappa shape index (κ3) is 5.60. The van der Waals surface area contributed by atoms with E-state index in [2.05, 4.69) is 34.1 Å². The Morgan fingerprint density at radius 1 is 1.03 bits per heavy atom. The fraction of sp³-hybridized carbons (Fsp3) is 0.241. The van der Waals surface area contributed by atoms with E-state index >= 15 is 0 Å². The van der Waals surface area contributed by atoms with Gasteiger partial charge in [-0.15, -0.1) is 0 Å². The minimum Gasteiger partial charge on any atom is -0.397 e. The molecule has 0 spiro atoms. The van der Waals surface area contributed by atoms with E-state index in [9.17, 15) is 9.18 Å². The van der Waals surface area contributed by atoms with Crippen LogP contribution in [0.25, 0.3) is 0 Å². The number of benzene rings is 3. The molecule has 2 aliphatic heterocycles. The number of rotatable bonds is 6. The van der Waals surface area contributed by atoms with E-state index in [1.54, 1.807) is 23.1 Å². The molecule has 0 bridgehead atoms. The van der Waals surface area contributed by atoms with Crippen molar-refractivity contribution >= 4 is 38.9 Å². The normalized spacial score (nSPS) is 19.9. The molecule has 1 fully saturated rings. The molecule has 2 atom stereocenters. The predicted molar refractivity (Wildman–Crippen MR) is 148 cm³/mol. The molecule has 2 unspecified atom stereocenters. The molecule has 8 heteroatoms. The molecular formula is C29H28BrFN4O2. The van der Waals surface area contributed by atoms with E-state index in [1.165, 1.54) is 12.1 Å². The fourth-order valence-corrected chi connectivity index (χ4v) is 5.07. The van der Waals surface area contributed by atoms with Crippen LogP contribution in [0.5, 0.6) is 0 Å². The highest BCUT2D eigenvalue weighted by atomic mass is 79.9. The second kappa shape index (κ2) is 10.9. The van der Waals surface area contributed by atoms with Gasteiger partial charge in [0.05, 0.1) is 17.1 Å². The highest BCUT2D eigenvalue weighted by Crippen LogP contribution is 2.32.